The van der Waals surface area contributed by atoms with Crippen LogP contribution >= 0.6 is 0 Å². The van der Waals surface area contributed by atoms with Gasteiger partial charge in [-0.3, -0.25) is 0 Å². The maximum Gasteiger partial charge on any atom is 0.00951 e. The maximum atomic E-state index is 5.83. The molecule has 2 heteroatoms. The molecule has 0 aromatic carbocycles. The van der Waals surface area contributed by atoms with Gasteiger partial charge < -0.3 is 10.6 Å². The largest absolute Gasteiger partial charge is 0.330 e. The minimum atomic E-state index is 0.250. The Morgan fingerprint density at radius 3 is 2.47 bits per heavy atom. The molecule has 2 N–H and O–H groups in total. The van der Waals surface area contributed by atoms with E-state index in [-0.39, 0.29) is 5.41 Å². The minimum Gasteiger partial charge on any atom is -0.330 e. The number of rotatable bonds is 5. The number of nitrogens with two attached hydrogens (primary N) is 1. The first-order valence-corrected chi connectivity index (χ1v) is 7.26. The van der Waals surface area contributed by atoms with Gasteiger partial charge in [-0.25, -0.2) is 0 Å². The van der Waals surface area contributed by atoms with Crippen LogP contribution in [0.1, 0.15) is 53.4 Å². The van der Waals surface area contributed by atoms with E-state index in [0.717, 1.165) is 31.0 Å². The van der Waals surface area contributed by atoms with Crippen molar-refractivity contribution in [2.75, 3.05) is 20.1 Å². The van der Waals surface area contributed by atoms with Crippen molar-refractivity contribution in [3.8, 4) is 0 Å². The van der Waals surface area contributed by atoms with Gasteiger partial charge in [0.2, 0.25) is 0 Å². The van der Waals surface area contributed by atoms with E-state index >= 15 is 0 Å². The monoisotopic (exact) mass is 240 g/mol. The second kappa shape index (κ2) is 6.19. The molecular formula is C15H32N2. The molecule has 0 aromatic heterocycles. The van der Waals surface area contributed by atoms with Crippen LogP contribution in [0.5, 0.6) is 0 Å². The van der Waals surface area contributed by atoms with Crippen LogP contribution in [0, 0.1) is 17.3 Å². The smallest absolute Gasteiger partial charge is 0.00951 e. The SMILES string of the molecule is CC(C)C1CCCC(N(C)CC(C)(C)CN)C1. The molecule has 1 aliphatic rings. The molecule has 2 nitrogen and oxygen atoms in total. The highest BCUT2D eigenvalue weighted by molar-refractivity contribution is 4.83. The number of hydrogen-bond acceptors (Lipinski definition) is 2. The average Bonchev–Trinajstić information content (AvgIpc) is 2.28. The highest BCUT2D eigenvalue weighted by Crippen LogP contribution is 2.32. The van der Waals surface area contributed by atoms with E-state index < -0.39 is 0 Å². The molecule has 2 atom stereocenters. The maximum absolute atomic E-state index is 5.83. The highest BCUT2D eigenvalue weighted by Gasteiger charge is 2.29. The molecule has 1 fully saturated rings. The Morgan fingerprint density at radius 2 is 1.94 bits per heavy atom. The highest BCUT2D eigenvalue weighted by atomic mass is 15.1. The third-order valence-electron chi connectivity index (χ3n) is 4.48. The second-order valence-electron chi connectivity index (χ2n) is 7.11. The third kappa shape index (κ3) is 4.59. The molecular weight excluding hydrogens is 208 g/mol. The van der Waals surface area contributed by atoms with Gasteiger partial charge in [-0.2, -0.15) is 0 Å². The normalized spacial score (nSPS) is 26.8. The van der Waals surface area contributed by atoms with E-state index in [1.54, 1.807) is 0 Å². The van der Waals surface area contributed by atoms with Crippen molar-refractivity contribution >= 4 is 0 Å². The molecule has 2 unspecified atom stereocenters. The van der Waals surface area contributed by atoms with Gasteiger partial charge in [0.15, 0.2) is 0 Å². The molecule has 0 aromatic rings. The fourth-order valence-corrected chi connectivity index (χ4v) is 3.08. The Labute approximate surface area is 108 Å². The van der Waals surface area contributed by atoms with Gasteiger partial charge in [0.1, 0.15) is 0 Å². The predicted octanol–water partition coefficient (Wildman–Crippen LogP) is 3.12. The number of nitrogens with zero attached hydrogens (tertiary/aromatic N) is 1. The van der Waals surface area contributed by atoms with E-state index in [1.807, 2.05) is 0 Å². The third-order valence-corrected chi connectivity index (χ3v) is 4.48. The number of hydrogen-bond donors (Lipinski definition) is 1. The molecule has 0 radical (unpaired) electrons. The van der Waals surface area contributed by atoms with Crippen molar-refractivity contribution in [3.63, 3.8) is 0 Å². The van der Waals surface area contributed by atoms with Crippen LogP contribution in [0.4, 0.5) is 0 Å². The fourth-order valence-electron chi connectivity index (χ4n) is 3.08. The van der Waals surface area contributed by atoms with E-state index in [4.69, 9.17) is 5.73 Å². The summed E-state index contributed by atoms with van der Waals surface area (Å²) in [4.78, 5) is 2.56. The van der Waals surface area contributed by atoms with Crippen molar-refractivity contribution in [2.45, 2.75) is 59.4 Å². The zero-order valence-corrected chi connectivity index (χ0v) is 12.5. The summed E-state index contributed by atoms with van der Waals surface area (Å²) in [6, 6.07) is 0.780. The summed E-state index contributed by atoms with van der Waals surface area (Å²) in [5.74, 6) is 1.77. The molecule has 1 rings (SSSR count). The van der Waals surface area contributed by atoms with Gasteiger partial charge in [0, 0.05) is 12.6 Å². The lowest BCUT2D eigenvalue weighted by molar-refractivity contribution is 0.103. The summed E-state index contributed by atoms with van der Waals surface area (Å²) < 4.78 is 0. The van der Waals surface area contributed by atoms with Crippen LogP contribution < -0.4 is 5.73 Å². The molecule has 1 aliphatic carbocycles. The molecule has 0 bridgehead atoms. The van der Waals surface area contributed by atoms with E-state index in [1.165, 1.54) is 25.7 Å². The van der Waals surface area contributed by atoms with Gasteiger partial charge in [-0.05, 0) is 43.7 Å². The molecule has 17 heavy (non-hydrogen) atoms. The van der Waals surface area contributed by atoms with Crippen LogP contribution in [-0.4, -0.2) is 31.1 Å². The van der Waals surface area contributed by atoms with Crippen LogP contribution in [0.15, 0.2) is 0 Å². The first kappa shape index (κ1) is 15.0. The van der Waals surface area contributed by atoms with Crippen LogP contribution in [0.2, 0.25) is 0 Å². The Kier molecular flexibility index (Phi) is 5.46. The lowest BCUT2D eigenvalue weighted by Crippen LogP contribution is -2.44. The van der Waals surface area contributed by atoms with E-state index in [9.17, 15) is 0 Å². The Hall–Kier alpha value is -0.0800. The summed E-state index contributed by atoms with van der Waals surface area (Å²) in [7, 11) is 2.28. The minimum absolute atomic E-state index is 0.250. The molecule has 0 heterocycles. The Bertz CT molecular complexity index is 223. The van der Waals surface area contributed by atoms with Crippen LogP contribution in [0.25, 0.3) is 0 Å². The van der Waals surface area contributed by atoms with Crippen molar-refractivity contribution in [1.29, 1.82) is 0 Å². The summed E-state index contributed by atoms with van der Waals surface area (Å²) in [5.41, 5.74) is 6.08. The molecule has 1 saturated carbocycles. The predicted molar refractivity (Wildman–Crippen MR) is 76.0 cm³/mol. The van der Waals surface area contributed by atoms with Crippen molar-refractivity contribution in [3.05, 3.63) is 0 Å². The Balaban J connectivity index is 2.49. The lowest BCUT2D eigenvalue weighted by Gasteiger charge is -2.40. The summed E-state index contributed by atoms with van der Waals surface area (Å²) in [6.07, 6.45) is 5.60. The van der Waals surface area contributed by atoms with Crippen molar-refractivity contribution in [2.24, 2.45) is 23.0 Å². The quantitative estimate of drug-likeness (QED) is 0.800. The van der Waals surface area contributed by atoms with Gasteiger partial charge in [0.25, 0.3) is 0 Å². The van der Waals surface area contributed by atoms with Gasteiger partial charge >= 0.3 is 0 Å². The average molecular weight is 240 g/mol. The molecule has 0 saturated heterocycles. The molecule has 102 valence electrons. The van der Waals surface area contributed by atoms with Gasteiger partial charge in [-0.1, -0.05) is 40.5 Å². The summed E-state index contributed by atoms with van der Waals surface area (Å²) in [5, 5.41) is 0. The lowest BCUT2D eigenvalue weighted by atomic mass is 9.78. The molecule has 0 spiro atoms. The first-order chi connectivity index (χ1) is 7.85. The molecule has 0 aliphatic heterocycles. The topological polar surface area (TPSA) is 29.3 Å². The summed E-state index contributed by atoms with van der Waals surface area (Å²) >= 11 is 0. The van der Waals surface area contributed by atoms with E-state index in [0.29, 0.717) is 0 Å². The zero-order chi connectivity index (χ0) is 13.1. The van der Waals surface area contributed by atoms with Crippen LogP contribution in [-0.2, 0) is 0 Å². The molecule has 0 amide bonds. The van der Waals surface area contributed by atoms with E-state index in [2.05, 4.69) is 39.6 Å². The van der Waals surface area contributed by atoms with Crippen molar-refractivity contribution < 1.29 is 0 Å². The fraction of sp³-hybridized carbons (Fsp3) is 1.00. The van der Waals surface area contributed by atoms with Crippen molar-refractivity contribution in [1.82, 2.24) is 4.90 Å². The standard InChI is InChI=1S/C15H32N2/c1-12(2)13-7-6-8-14(9-13)17(5)11-15(3,4)10-16/h12-14H,6-11,16H2,1-5H3. The summed E-state index contributed by atoms with van der Waals surface area (Å²) in [6.45, 7) is 11.2. The van der Waals surface area contributed by atoms with Gasteiger partial charge in [-0.15, -0.1) is 0 Å². The Morgan fingerprint density at radius 1 is 1.29 bits per heavy atom. The zero-order valence-electron chi connectivity index (χ0n) is 12.5. The second-order valence-corrected chi connectivity index (χ2v) is 7.11. The van der Waals surface area contributed by atoms with Crippen LogP contribution in [0.3, 0.4) is 0 Å². The first-order valence-electron chi connectivity index (χ1n) is 7.26. The van der Waals surface area contributed by atoms with Gasteiger partial charge in [0.05, 0.1) is 0 Å².